The first-order valence-corrected chi connectivity index (χ1v) is 8.71. The summed E-state index contributed by atoms with van der Waals surface area (Å²) in [6.45, 7) is -3.00. The molecule has 0 saturated heterocycles. The summed E-state index contributed by atoms with van der Waals surface area (Å²) in [5, 5.41) is 2.52. The van der Waals surface area contributed by atoms with Gasteiger partial charge in [-0.1, -0.05) is 6.07 Å². The number of anilines is 1. The van der Waals surface area contributed by atoms with Crippen molar-refractivity contribution < 1.29 is 42.1 Å². The molecule has 0 aromatic heterocycles. The predicted molar refractivity (Wildman–Crippen MR) is 106 cm³/mol. The second-order valence-electron chi connectivity index (χ2n) is 5.89. The van der Waals surface area contributed by atoms with Crippen LogP contribution in [0.25, 0.3) is 6.08 Å². The average molecular weight is 435 g/mol. The molecule has 2 aromatic carbocycles. The van der Waals surface area contributed by atoms with Gasteiger partial charge < -0.3 is 24.3 Å². The fraction of sp³-hybridized carbons (Fsp3) is 0.190. The van der Waals surface area contributed by atoms with Crippen LogP contribution < -0.4 is 14.8 Å². The van der Waals surface area contributed by atoms with E-state index in [9.17, 15) is 23.2 Å². The van der Waals surface area contributed by atoms with Gasteiger partial charge in [-0.15, -0.1) is 0 Å². The second-order valence-corrected chi connectivity index (χ2v) is 5.89. The molecule has 1 N–H and O–H groups in total. The Bertz CT molecular complexity index is 971. The maximum Gasteiger partial charge on any atom is 0.387 e. The van der Waals surface area contributed by atoms with Crippen molar-refractivity contribution in [2.45, 2.75) is 6.61 Å². The number of alkyl halides is 2. The SMILES string of the molecule is COC(=O)c1cc(NC(=O)C=Cc2ccc(OC(F)F)c(OC)c2)cc(C(=O)OC)c1. The maximum absolute atomic E-state index is 12.4. The Balaban J connectivity index is 2.20. The highest BCUT2D eigenvalue weighted by Gasteiger charge is 2.15. The highest BCUT2D eigenvalue weighted by Crippen LogP contribution is 2.29. The molecular formula is C21H19F2NO7. The minimum atomic E-state index is -3.00. The average Bonchev–Trinajstić information content (AvgIpc) is 2.76. The summed E-state index contributed by atoms with van der Waals surface area (Å²) in [6.07, 6.45) is 2.58. The van der Waals surface area contributed by atoms with Crippen LogP contribution in [0.4, 0.5) is 14.5 Å². The minimum Gasteiger partial charge on any atom is -0.493 e. The molecule has 1 amide bonds. The number of benzene rings is 2. The summed E-state index contributed by atoms with van der Waals surface area (Å²) in [6, 6.07) is 8.10. The lowest BCUT2D eigenvalue weighted by Gasteiger charge is -2.10. The molecule has 164 valence electrons. The van der Waals surface area contributed by atoms with E-state index in [1.165, 1.54) is 69.9 Å². The Kier molecular flexibility index (Phi) is 8.07. The molecule has 10 heteroatoms. The Morgan fingerprint density at radius 3 is 2.03 bits per heavy atom. The first-order chi connectivity index (χ1) is 14.8. The molecule has 0 aliphatic carbocycles. The van der Waals surface area contributed by atoms with E-state index in [4.69, 9.17) is 4.74 Å². The van der Waals surface area contributed by atoms with Crippen LogP contribution >= 0.6 is 0 Å². The second kappa shape index (κ2) is 10.7. The highest BCUT2D eigenvalue weighted by atomic mass is 19.3. The van der Waals surface area contributed by atoms with Gasteiger partial charge in [0.1, 0.15) is 0 Å². The molecule has 0 radical (unpaired) electrons. The van der Waals surface area contributed by atoms with Crippen LogP contribution in [-0.4, -0.2) is 45.8 Å². The van der Waals surface area contributed by atoms with Gasteiger partial charge in [0.15, 0.2) is 11.5 Å². The Labute approximate surface area is 176 Å². The van der Waals surface area contributed by atoms with Crippen molar-refractivity contribution in [1.82, 2.24) is 0 Å². The quantitative estimate of drug-likeness (QED) is 0.500. The maximum atomic E-state index is 12.4. The largest absolute Gasteiger partial charge is 0.493 e. The zero-order chi connectivity index (χ0) is 23.0. The number of carbonyl (C=O) groups excluding carboxylic acids is 3. The molecule has 0 aliphatic rings. The van der Waals surface area contributed by atoms with Gasteiger partial charge >= 0.3 is 18.6 Å². The molecule has 0 bridgehead atoms. The number of hydrogen-bond acceptors (Lipinski definition) is 7. The lowest BCUT2D eigenvalue weighted by molar-refractivity contribution is -0.111. The minimum absolute atomic E-state index is 0.0454. The first kappa shape index (κ1) is 23.3. The normalized spacial score (nSPS) is 10.6. The number of amides is 1. The van der Waals surface area contributed by atoms with Crippen LogP contribution in [0.3, 0.4) is 0 Å². The summed E-state index contributed by atoms with van der Waals surface area (Å²) in [5.74, 6) is -2.06. The first-order valence-electron chi connectivity index (χ1n) is 8.71. The van der Waals surface area contributed by atoms with E-state index < -0.39 is 24.5 Å². The third-order valence-electron chi connectivity index (χ3n) is 3.87. The number of rotatable bonds is 8. The predicted octanol–water partition coefficient (Wildman–Crippen LogP) is 3.52. The molecule has 0 spiro atoms. The van der Waals surface area contributed by atoms with Gasteiger partial charge in [0, 0.05) is 11.8 Å². The fourth-order valence-corrected chi connectivity index (χ4v) is 2.51. The molecule has 0 heterocycles. The van der Waals surface area contributed by atoms with E-state index >= 15 is 0 Å². The molecule has 0 fully saturated rings. The summed E-state index contributed by atoms with van der Waals surface area (Å²) in [5.41, 5.74) is 0.733. The van der Waals surface area contributed by atoms with Crippen molar-refractivity contribution in [3.8, 4) is 11.5 Å². The van der Waals surface area contributed by atoms with Crippen molar-refractivity contribution in [1.29, 1.82) is 0 Å². The van der Waals surface area contributed by atoms with Gasteiger partial charge in [0.2, 0.25) is 5.91 Å². The zero-order valence-corrected chi connectivity index (χ0v) is 16.8. The van der Waals surface area contributed by atoms with Crippen LogP contribution in [0.15, 0.2) is 42.5 Å². The molecule has 8 nitrogen and oxygen atoms in total. The number of esters is 2. The third-order valence-corrected chi connectivity index (χ3v) is 3.87. The molecule has 31 heavy (non-hydrogen) atoms. The zero-order valence-electron chi connectivity index (χ0n) is 16.8. The topological polar surface area (TPSA) is 100 Å². The molecule has 0 unspecified atom stereocenters. The van der Waals surface area contributed by atoms with E-state index in [0.29, 0.717) is 5.56 Å². The summed E-state index contributed by atoms with van der Waals surface area (Å²) < 4.78 is 43.4. The van der Waals surface area contributed by atoms with Gasteiger partial charge in [-0.25, -0.2) is 9.59 Å². The van der Waals surface area contributed by atoms with Crippen molar-refractivity contribution in [3.05, 3.63) is 59.2 Å². The molecule has 2 aromatic rings. The van der Waals surface area contributed by atoms with Gasteiger partial charge in [0.05, 0.1) is 32.5 Å². The van der Waals surface area contributed by atoms with Crippen molar-refractivity contribution in [2.75, 3.05) is 26.6 Å². The number of halogens is 2. The van der Waals surface area contributed by atoms with Crippen LogP contribution in [0.5, 0.6) is 11.5 Å². The summed E-state index contributed by atoms with van der Waals surface area (Å²) >= 11 is 0. The monoisotopic (exact) mass is 435 g/mol. The van der Waals surface area contributed by atoms with Crippen LogP contribution in [0.1, 0.15) is 26.3 Å². The van der Waals surface area contributed by atoms with Gasteiger partial charge in [-0.3, -0.25) is 4.79 Å². The molecule has 0 atom stereocenters. The van der Waals surface area contributed by atoms with Gasteiger partial charge in [0.25, 0.3) is 0 Å². The Morgan fingerprint density at radius 1 is 0.903 bits per heavy atom. The third kappa shape index (κ3) is 6.53. The summed E-state index contributed by atoms with van der Waals surface area (Å²) in [7, 11) is 3.65. The number of carbonyl (C=O) groups is 3. The van der Waals surface area contributed by atoms with E-state index in [1.54, 1.807) is 0 Å². The molecule has 0 saturated carbocycles. The Hall–Kier alpha value is -3.95. The molecule has 2 rings (SSSR count). The van der Waals surface area contributed by atoms with E-state index in [-0.39, 0.29) is 28.3 Å². The van der Waals surface area contributed by atoms with Crippen LogP contribution in [0, 0.1) is 0 Å². The van der Waals surface area contributed by atoms with E-state index in [1.807, 2.05) is 0 Å². The van der Waals surface area contributed by atoms with Crippen LogP contribution in [0.2, 0.25) is 0 Å². The Morgan fingerprint density at radius 2 is 1.52 bits per heavy atom. The smallest absolute Gasteiger partial charge is 0.387 e. The number of nitrogens with one attached hydrogen (secondary N) is 1. The summed E-state index contributed by atoms with van der Waals surface area (Å²) in [4.78, 5) is 35.9. The van der Waals surface area contributed by atoms with E-state index in [0.717, 1.165) is 0 Å². The van der Waals surface area contributed by atoms with Crippen molar-refractivity contribution in [2.24, 2.45) is 0 Å². The van der Waals surface area contributed by atoms with Crippen molar-refractivity contribution >= 4 is 29.6 Å². The standard InChI is InChI=1S/C21H19F2NO7/c1-28-17-8-12(4-6-16(17)31-21(22)23)5-7-18(25)24-15-10-13(19(26)29-2)9-14(11-15)20(27)30-3/h4-11,21H,1-3H3,(H,24,25). The molecule has 0 aliphatic heterocycles. The fourth-order valence-electron chi connectivity index (χ4n) is 2.51. The lowest BCUT2D eigenvalue weighted by atomic mass is 10.1. The number of methoxy groups -OCH3 is 3. The van der Waals surface area contributed by atoms with Crippen LogP contribution in [-0.2, 0) is 14.3 Å². The number of ether oxygens (including phenoxy) is 4. The molecular weight excluding hydrogens is 416 g/mol. The van der Waals surface area contributed by atoms with Gasteiger partial charge in [-0.05, 0) is 42.0 Å². The highest BCUT2D eigenvalue weighted by molar-refractivity contribution is 6.04. The van der Waals surface area contributed by atoms with Crippen molar-refractivity contribution in [3.63, 3.8) is 0 Å². The number of hydrogen-bond donors (Lipinski definition) is 1. The van der Waals surface area contributed by atoms with E-state index in [2.05, 4.69) is 19.5 Å². The van der Waals surface area contributed by atoms with Gasteiger partial charge in [-0.2, -0.15) is 8.78 Å². The lowest BCUT2D eigenvalue weighted by Crippen LogP contribution is -2.12.